The fourth-order valence-electron chi connectivity index (χ4n) is 4.27. The van der Waals surface area contributed by atoms with Crippen molar-refractivity contribution < 1.29 is 5.11 Å². The molecule has 4 rings (SSSR count). The topological polar surface area (TPSA) is 52.0 Å². The molecule has 0 aliphatic carbocycles. The van der Waals surface area contributed by atoms with Crippen LogP contribution < -0.4 is 5.43 Å². The van der Waals surface area contributed by atoms with E-state index in [9.17, 15) is 9.90 Å². The fourth-order valence-corrected chi connectivity index (χ4v) is 5.25. The summed E-state index contributed by atoms with van der Waals surface area (Å²) < 4.78 is 2.04. The second-order valence-electron chi connectivity index (χ2n) is 8.28. The van der Waals surface area contributed by atoms with Crippen LogP contribution in [-0.4, -0.2) is 75.1 Å². The average molecular weight is 429 g/mol. The SMILES string of the molecule is Cn1c(CN2CCSCC2)cc(=O)c(O)c1CN1CCN(Cc2ccccc2)CC1. The van der Waals surface area contributed by atoms with Crippen LogP contribution >= 0.6 is 11.8 Å². The van der Waals surface area contributed by atoms with Gasteiger partial charge in [-0.15, -0.1) is 0 Å². The van der Waals surface area contributed by atoms with Crippen molar-refractivity contribution >= 4 is 11.8 Å². The number of nitrogens with zero attached hydrogens (tertiary/aromatic N) is 4. The van der Waals surface area contributed by atoms with E-state index >= 15 is 0 Å². The maximum Gasteiger partial charge on any atom is 0.223 e. The molecular weight excluding hydrogens is 396 g/mol. The molecule has 0 amide bonds. The highest BCUT2D eigenvalue weighted by Crippen LogP contribution is 2.19. The van der Waals surface area contributed by atoms with E-state index in [1.54, 1.807) is 6.07 Å². The Kier molecular flexibility index (Phi) is 7.15. The molecule has 30 heavy (non-hydrogen) atoms. The minimum atomic E-state index is -0.257. The summed E-state index contributed by atoms with van der Waals surface area (Å²) in [5.41, 5.74) is 2.81. The number of rotatable bonds is 6. The first-order valence-electron chi connectivity index (χ1n) is 10.8. The highest BCUT2D eigenvalue weighted by atomic mass is 32.2. The molecule has 0 unspecified atom stereocenters. The molecule has 2 fully saturated rings. The van der Waals surface area contributed by atoms with Crippen molar-refractivity contribution in [2.24, 2.45) is 7.05 Å². The zero-order chi connectivity index (χ0) is 20.9. The lowest BCUT2D eigenvalue weighted by Gasteiger charge is -2.35. The smallest absolute Gasteiger partial charge is 0.223 e. The Hall–Kier alpha value is -1.80. The minimum absolute atomic E-state index is 0.0952. The van der Waals surface area contributed by atoms with Gasteiger partial charge < -0.3 is 9.67 Å². The van der Waals surface area contributed by atoms with Gasteiger partial charge in [0.2, 0.25) is 5.43 Å². The Morgan fingerprint density at radius 3 is 2.13 bits per heavy atom. The molecule has 2 aromatic rings. The predicted molar refractivity (Wildman–Crippen MR) is 123 cm³/mol. The van der Waals surface area contributed by atoms with Crippen LogP contribution in [0.4, 0.5) is 0 Å². The van der Waals surface area contributed by atoms with E-state index in [4.69, 9.17) is 0 Å². The summed E-state index contributed by atoms with van der Waals surface area (Å²) in [6, 6.07) is 12.2. The molecule has 162 valence electrons. The zero-order valence-electron chi connectivity index (χ0n) is 17.8. The number of aromatic nitrogens is 1. The third kappa shape index (κ3) is 5.27. The Bertz CT molecular complexity index is 888. The van der Waals surface area contributed by atoms with Gasteiger partial charge in [0.15, 0.2) is 5.75 Å². The average Bonchev–Trinajstić information content (AvgIpc) is 2.78. The number of aromatic hydroxyl groups is 1. The largest absolute Gasteiger partial charge is 0.503 e. The summed E-state index contributed by atoms with van der Waals surface area (Å²) in [6.45, 7) is 8.33. The Morgan fingerprint density at radius 1 is 0.867 bits per heavy atom. The molecule has 6 nitrogen and oxygen atoms in total. The van der Waals surface area contributed by atoms with E-state index in [0.29, 0.717) is 6.54 Å². The quantitative estimate of drug-likeness (QED) is 0.759. The van der Waals surface area contributed by atoms with Gasteiger partial charge in [0.1, 0.15) is 0 Å². The second-order valence-corrected chi connectivity index (χ2v) is 9.51. The van der Waals surface area contributed by atoms with Crippen LogP contribution in [0.5, 0.6) is 5.75 Å². The molecule has 0 radical (unpaired) electrons. The van der Waals surface area contributed by atoms with Gasteiger partial charge in [-0.05, 0) is 5.56 Å². The summed E-state index contributed by atoms with van der Waals surface area (Å²) in [7, 11) is 1.98. The van der Waals surface area contributed by atoms with Gasteiger partial charge in [-0.1, -0.05) is 30.3 Å². The number of hydrogen-bond donors (Lipinski definition) is 1. The predicted octanol–water partition coefficient (Wildman–Crippen LogP) is 1.96. The van der Waals surface area contributed by atoms with Gasteiger partial charge in [0.25, 0.3) is 0 Å². The molecular formula is C23H32N4O2S. The van der Waals surface area contributed by atoms with Crippen LogP contribution in [0.15, 0.2) is 41.2 Å². The molecule has 1 N–H and O–H groups in total. The van der Waals surface area contributed by atoms with Crippen molar-refractivity contribution in [1.82, 2.24) is 19.3 Å². The van der Waals surface area contributed by atoms with Crippen LogP contribution in [0.1, 0.15) is 17.0 Å². The minimum Gasteiger partial charge on any atom is -0.503 e. The van der Waals surface area contributed by atoms with E-state index in [1.165, 1.54) is 5.56 Å². The van der Waals surface area contributed by atoms with Crippen LogP contribution in [0.3, 0.4) is 0 Å². The number of benzene rings is 1. The summed E-state index contributed by atoms with van der Waals surface area (Å²) in [5, 5.41) is 10.5. The number of hydrogen-bond acceptors (Lipinski definition) is 6. The van der Waals surface area contributed by atoms with Crippen LogP contribution in [0.2, 0.25) is 0 Å². The van der Waals surface area contributed by atoms with Gasteiger partial charge in [-0.25, -0.2) is 0 Å². The maximum absolute atomic E-state index is 12.4. The van der Waals surface area contributed by atoms with Gasteiger partial charge in [0.05, 0.1) is 5.69 Å². The molecule has 7 heteroatoms. The van der Waals surface area contributed by atoms with Crippen molar-refractivity contribution in [3.8, 4) is 5.75 Å². The first-order valence-corrected chi connectivity index (χ1v) is 11.9. The van der Waals surface area contributed by atoms with Gasteiger partial charge in [-0.2, -0.15) is 11.8 Å². The lowest BCUT2D eigenvalue weighted by atomic mass is 10.2. The molecule has 3 heterocycles. The molecule has 0 atom stereocenters. The van der Waals surface area contributed by atoms with Crippen molar-refractivity contribution in [3.63, 3.8) is 0 Å². The van der Waals surface area contributed by atoms with Crippen LogP contribution in [0, 0.1) is 0 Å². The number of pyridine rings is 1. The molecule has 2 saturated heterocycles. The Morgan fingerprint density at radius 2 is 1.47 bits per heavy atom. The van der Waals surface area contributed by atoms with Crippen LogP contribution in [0.25, 0.3) is 0 Å². The van der Waals surface area contributed by atoms with Gasteiger partial charge in [0, 0.05) is 89.2 Å². The third-order valence-electron chi connectivity index (χ3n) is 6.22. The van der Waals surface area contributed by atoms with Gasteiger partial charge in [-0.3, -0.25) is 19.5 Å². The summed E-state index contributed by atoms with van der Waals surface area (Å²) >= 11 is 1.99. The monoisotopic (exact) mass is 428 g/mol. The summed E-state index contributed by atoms with van der Waals surface area (Å²) in [6.07, 6.45) is 0. The summed E-state index contributed by atoms with van der Waals surface area (Å²) in [5.74, 6) is 2.19. The normalized spacial score (nSPS) is 19.2. The van der Waals surface area contributed by atoms with E-state index < -0.39 is 0 Å². The van der Waals surface area contributed by atoms with Crippen molar-refractivity contribution in [1.29, 1.82) is 0 Å². The zero-order valence-corrected chi connectivity index (χ0v) is 18.6. The Balaban J connectivity index is 1.39. The Labute approximate surface area is 183 Å². The first-order chi connectivity index (χ1) is 14.6. The van der Waals surface area contributed by atoms with Gasteiger partial charge >= 0.3 is 0 Å². The molecule has 1 aromatic carbocycles. The molecule has 0 spiro atoms. The van der Waals surface area contributed by atoms with E-state index in [0.717, 1.165) is 75.3 Å². The van der Waals surface area contributed by atoms with E-state index in [-0.39, 0.29) is 11.2 Å². The maximum atomic E-state index is 12.4. The molecule has 2 aliphatic rings. The highest BCUT2D eigenvalue weighted by molar-refractivity contribution is 7.99. The third-order valence-corrected chi connectivity index (χ3v) is 7.16. The molecule has 1 aromatic heterocycles. The molecule has 2 aliphatic heterocycles. The summed E-state index contributed by atoms with van der Waals surface area (Å²) in [4.78, 5) is 19.6. The van der Waals surface area contributed by atoms with Crippen molar-refractivity contribution in [2.45, 2.75) is 19.6 Å². The van der Waals surface area contributed by atoms with Crippen LogP contribution in [-0.2, 0) is 26.7 Å². The molecule has 0 bridgehead atoms. The molecule has 0 saturated carbocycles. The second kappa shape index (κ2) is 10.0. The number of thioether (sulfide) groups is 1. The lowest BCUT2D eigenvalue weighted by molar-refractivity contribution is 0.119. The highest BCUT2D eigenvalue weighted by Gasteiger charge is 2.22. The lowest BCUT2D eigenvalue weighted by Crippen LogP contribution is -2.45. The standard InChI is InChI=1S/C23H32N4O2S/c1-24-20(17-27-11-13-30-14-12-27)15-22(28)23(29)21(24)18-26-9-7-25(8-10-26)16-19-5-3-2-4-6-19/h2-6,15,29H,7-14,16-18H2,1H3. The fraction of sp³-hybridized carbons (Fsp3) is 0.522. The first kappa shape index (κ1) is 21.4. The van der Waals surface area contributed by atoms with E-state index in [1.807, 2.05) is 23.4 Å². The number of piperazine rings is 1. The van der Waals surface area contributed by atoms with E-state index in [2.05, 4.69) is 45.0 Å². The van der Waals surface area contributed by atoms with Crippen molar-refractivity contribution in [3.05, 3.63) is 63.6 Å². The van der Waals surface area contributed by atoms with Crippen molar-refractivity contribution in [2.75, 3.05) is 50.8 Å².